The van der Waals surface area contributed by atoms with Crippen molar-refractivity contribution < 1.29 is 9.63 Å². The molecule has 0 aromatic heterocycles. The number of carbonyl (C=O) groups excluding carboxylic acids is 1. The number of isothiocyanates is 1. The minimum Gasteiger partial charge on any atom is -0.309 e. The van der Waals surface area contributed by atoms with Gasteiger partial charge >= 0.3 is 5.97 Å². The number of rotatable bonds is 3. The number of hydrogen-bond acceptors (Lipinski definition) is 4. The van der Waals surface area contributed by atoms with Crippen molar-refractivity contribution in [2.45, 2.75) is 19.3 Å². The van der Waals surface area contributed by atoms with E-state index < -0.39 is 0 Å². The molecule has 0 unspecified atom stereocenters. The lowest BCUT2D eigenvalue weighted by Crippen LogP contribution is -2.09. The third-order valence-corrected chi connectivity index (χ3v) is 2.85. The summed E-state index contributed by atoms with van der Waals surface area (Å²) in [5.41, 5.74) is 2.66. The van der Waals surface area contributed by atoms with E-state index in [-0.39, 0.29) is 5.97 Å². The van der Waals surface area contributed by atoms with Gasteiger partial charge in [-0.2, -0.15) is 0 Å². The molecule has 16 heavy (non-hydrogen) atoms. The quantitative estimate of drug-likeness (QED) is 0.348. The van der Waals surface area contributed by atoms with Crippen molar-refractivity contribution >= 4 is 23.3 Å². The molecule has 0 fully saturated rings. The van der Waals surface area contributed by atoms with Gasteiger partial charge < -0.3 is 4.84 Å². The average Bonchev–Trinajstić information content (AvgIpc) is 2.68. The molecular formula is C12H11NO2S. The molecule has 1 aliphatic rings. The van der Waals surface area contributed by atoms with E-state index in [4.69, 9.17) is 0 Å². The SMILES string of the molecule is O=C(CC1Cc2ccccc2C1)ON=C=S. The average molecular weight is 233 g/mol. The Hall–Kier alpha value is -1.51. The van der Waals surface area contributed by atoms with Crippen molar-refractivity contribution in [2.24, 2.45) is 11.1 Å². The van der Waals surface area contributed by atoms with Gasteiger partial charge in [-0.1, -0.05) is 24.3 Å². The molecule has 0 bridgehead atoms. The lowest BCUT2D eigenvalue weighted by atomic mass is 10.0. The fourth-order valence-electron chi connectivity index (χ4n) is 2.14. The van der Waals surface area contributed by atoms with E-state index in [1.165, 1.54) is 11.1 Å². The maximum Gasteiger partial charge on any atom is 0.336 e. The van der Waals surface area contributed by atoms with Crippen molar-refractivity contribution in [3.63, 3.8) is 0 Å². The summed E-state index contributed by atoms with van der Waals surface area (Å²) in [6.45, 7) is 0. The number of hydrogen-bond donors (Lipinski definition) is 0. The highest BCUT2D eigenvalue weighted by Crippen LogP contribution is 2.28. The van der Waals surface area contributed by atoms with E-state index >= 15 is 0 Å². The van der Waals surface area contributed by atoms with E-state index in [9.17, 15) is 4.79 Å². The second-order valence-corrected chi connectivity index (χ2v) is 4.08. The Morgan fingerprint density at radius 2 is 2.06 bits per heavy atom. The number of nitrogens with zero attached hydrogens (tertiary/aromatic N) is 1. The highest BCUT2D eigenvalue weighted by atomic mass is 32.1. The van der Waals surface area contributed by atoms with Crippen LogP contribution < -0.4 is 0 Å². The van der Waals surface area contributed by atoms with Gasteiger partial charge in [-0.3, -0.25) is 0 Å². The van der Waals surface area contributed by atoms with Gasteiger partial charge in [0.1, 0.15) is 5.16 Å². The Labute approximate surface area is 99.1 Å². The molecule has 0 atom stereocenters. The van der Waals surface area contributed by atoms with Gasteiger partial charge in [0.2, 0.25) is 0 Å². The van der Waals surface area contributed by atoms with Gasteiger partial charge in [0.05, 0.1) is 6.42 Å². The molecule has 0 saturated carbocycles. The highest BCUT2D eigenvalue weighted by molar-refractivity contribution is 7.78. The van der Waals surface area contributed by atoms with Gasteiger partial charge in [0.25, 0.3) is 0 Å². The molecule has 0 aliphatic heterocycles. The van der Waals surface area contributed by atoms with Crippen molar-refractivity contribution in [1.82, 2.24) is 0 Å². The van der Waals surface area contributed by atoms with E-state index in [1.54, 1.807) is 0 Å². The molecule has 0 saturated heterocycles. The second-order valence-electron chi connectivity index (χ2n) is 3.89. The molecule has 2 rings (SSSR count). The molecule has 3 nitrogen and oxygen atoms in total. The van der Waals surface area contributed by atoms with Crippen LogP contribution >= 0.6 is 12.2 Å². The maximum atomic E-state index is 11.3. The van der Waals surface area contributed by atoms with Gasteiger partial charge in [-0.05, 0) is 47.3 Å². The van der Waals surface area contributed by atoms with Crippen LogP contribution in [0.4, 0.5) is 0 Å². The third kappa shape index (κ3) is 2.54. The zero-order valence-electron chi connectivity index (χ0n) is 8.68. The van der Waals surface area contributed by atoms with Crippen LogP contribution in [0.25, 0.3) is 0 Å². The first-order valence-electron chi connectivity index (χ1n) is 5.13. The Balaban J connectivity index is 1.92. The van der Waals surface area contributed by atoms with Crippen molar-refractivity contribution in [3.8, 4) is 0 Å². The third-order valence-electron chi connectivity index (χ3n) is 2.78. The first-order chi connectivity index (χ1) is 7.79. The summed E-state index contributed by atoms with van der Waals surface area (Å²) < 4.78 is 0. The number of benzene rings is 1. The van der Waals surface area contributed by atoms with Crippen molar-refractivity contribution in [2.75, 3.05) is 0 Å². The predicted molar refractivity (Wildman–Crippen MR) is 63.1 cm³/mol. The fraction of sp³-hybridized carbons (Fsp3) is 0.333. The first kappa shape index (κ1) is 11.0. The highest BCUT2D eigenvalue weighted by Gasteiger charge is 2.23. The molecule has 0 heterocycles. The summed E-state index contributed by atoms with van der Waals surface area (Å²) in [6.07, 6.45) is 2.26. The molecule has 1 aromatic rings. The zero-order valence-corrected chi connectivity index (χ0v) is 9.50. The molecule has 1 aromatic carbocycles. The minimum atomic E-state index is -0.338. The molecule has 0 spiro atoms. The number of thiocarbonyl (C=S) groups is 1. The largest absolute Gasteiger partial charge is 0.336 e. The first-order valence-corrected chi connectivity index (χ1v) is 5.54. The lowest BCUT2D eigenvalue weighted by Gasteiger charge is -2.04. The Morgan fingerprint density at radius 1 is 1.44 bits per heavy atom. The van der Waals surface area contributed by atoms with Gasteiger partial charge in [-0.15, -0.1) is 0 Å². The zero-order chi connectivity index (χ0) is 11.4. The van der Waals surface area contributed by atoms with Crippen LogP contribution in [0.3, 0.4) is 0 Å². The van der Waals surface area contributed by atoms with E-state index in [0.29, 0.717) is 12.3 Å². The van der Waals surface area contributed by atoms with E-state index in [2.05, 4.69) is 34.3 Å². The van der Waals surface area contributed by atoms with Crippen LogP contribution in [0.15, 0.2) is 29.4 Å². The minimum absolute atomic E-state index is 0.324. The van der Waals surface area contributed by atoms with Gasteiger partial charge in [0, 0.05) is 0 Å². The maximum absolute atomic E-state index is 11.3. The molecule has 0 amide bonds. The summed E-state index contributed by atoms with van der Waals surface area (Å²) in [6, 6.07) is 8.26. The number of fused-ring (bicyclic) bond motifs is 1. The summed E-state index contributed by atoms with van der Waals surface area (Å²) in [4.78, 5) is 15.8. The van der Waals surface area contributed by atoms with Crippen LogP contribution in [0.5, 0.6) is 0 Å². The molecule has 0 N–H and O–H groups in total. The van der Waals surface area contributed by atoms with Crippen molar-refractivity contribution in [1.29, 1.82) is 0 Å². The molecule has 0 radical (unpaired) electrons. The van der Waals surface area contributed by atoms with Crippen molar-refractivity contribution in [3.05, 3.63) is 35.4 Å². The molecular weight excluding hydrogens is 222 g/mol. The standard InChI is InChI=1S/C12H11NO2S/c14-12(15-13-8-16)7-9-5-10-3-1-2-4-11(10)6-9/h1-4,9H,5-7H2. The number of carbonyl (C=O) groups is 1. The lowest BCUT2D eigenvalue weighted by molar-refractivity contribution is -0.144. The summed E-state index contributed by atoms with van der Waals surface area (Å²) in [7, 11) is 0. The summed E-state index contributed by atoms with van der Waals surface area (Å²) >= 11 is 4.32. The topological polar surface area (TPSA) is 38.7 Å². The summed E-state index contributed by atoms with van der Waals surface area (Å²) in [5, 5.41) is 5.18. The van der Waals surface area contributed by atoms with Crippen LogP contribution in [0.1, 0.15) is 17.5 Å². The Morgan fingerprint density at radius 3 is 2.62 bits per heavy atom. The second kappa shape index (κ2) is 5.01. The van der Waals surface area contributed by atoms with Gasteiger partial charge in [-0.25, -0.2) is 4.79 Å². The monoisotopic (exact) mass is 233 g/mol. The smallest absolute Gasteiger partial charge is 0.309 e. The van der Waals surface area contributed by atoms with Gasteiger partial charge in [0.15, 0.2) is 0 Å². The molecule has 82 valence electrons. The van der Waals surface area contributed by atoms with Crippen LogP contribution in [0, 0.1) is 5.92 Å². The van der Waals surface area contributed by atoms with Crippen LogP contribution in [0.2, 0.25) is 0 Å². The van der Waals surface area contributed by atoms with E-state index in [1.807, 2.05) is 17.3 Å². The Kier molecular flexibility index (Phi) is 3.44. The molecule has 4 heteroatoms. The summed E-state index contributed by atoms with van der Waals surface area (Å²) in [5.74, 6) is -0.0135. The fourth-order valence-corrected chi connectivity index (χ4v) is 2.17. The molecule has 1 aliphatic carbocycles. The van der Waals surface area contributed by atoms with E-state index in [0.717, 1.165) is 12.8 Å². The normalized spacial score (nSPS) is 14.0. The Bertz CT molecular complexity index is 427. The predicted octanol–water partition coefficient (Wildman–Crippen LogP) is 2.35. The van der Waals surface area contributed by atoms with Crippen LogP contribution in [-0.2, 0) is 22.5 Å². The van der Waals surface area contributed by atoms with Crippen LogP contribution in [-0.4, -0.2) is 11.1 Å².